The van der Waals surface area contributed by atoms with Crippen LogP contribution in [0.1, 0.15) is 10.4 Å². The van der Waals surface area contributed by atoms with E-state index in [9.17, 15) is 9.59 Å². The molecule has 0 aliphatic heterocycles. The molecule has 0 saturated heterocycles. The van der Waals surface area contributed by atoms with Crippen LogP contribution in [0.4, 0.5) is 0 Å². The van der Waals surface area contributed by atoms with Crippen LogP contribution < -0.4 is 0 Å². The molecule has 1 aromatic rings. The highest BCUT2D eigenvalue weighted by molar-refractivity contribution is 9.10. The van der Waals surface area contributed by atoms with Crippen molar-refractivity contribution < 1.29 is 9.59 Å². The van der Waals surface area contributed by atoms with E-state index in [-0.39, 0.29) is 5.33 Å². The summed E-state index contributed by atoms with van der Waals surface area (Å²) in [4.78, 5) is 22.3. The smallest absolute Gasteiger partial charge is 0.229 e. The van der Waals surface area contributed by atoms with Crippen molar-refractivity contribution in [3.05, 3.63) is 34.3 Å². The number of benzene rings is 1. The Bertz CT molecular complexity index is 347. The molecule has 2 nitrogen and oxygen atoms in total. The molecule has 0 N–H and O–H groups in total. The third kappa shape index (κ3) is 2.74. The van der Waals surface area contributed by atoms with Gasteiger partial charge in [0.2, 0.25) is 11.6 Å². The zero-order chi connectivity index (χ0) is 9.84. The van der Waals surface area contributed by atoms with E-state index in [4.69, 9.17) is 0 Å². The second-order valence-electron chi connectivity index (χ2n) is 2.40. The van der Waals surface area contributed by atoms with Crippen LogP contribution in [0.5, 0.6) is 0 Å². The average Bonchev–Trinajstić information content (AvgIpc) is 2.15. The number of halogens is 2. The van der Waals surface area contributed by atoms with Crippen molar-refractivity contribution >= 4 is 43.4 Å². The standard InChI is InChI=1S/C9H6Br2O2/c10-5-8(12)9(13)6-2-1-3-7(11)4-6/h1-4H,5H2. The van der Waals surface area contributed by atoms with E-state index in [1.807, 2.05) is 0 Å². The minimum Gasteiger partial charge on any atom is -0.290 e. The first-order chi connectivity index (χ1) is 6.15. The normalized spacial score (nSPS) is 9.69. The summed E-state index contributed by atoms with van der Waals surface area (Å²) in [5.41, 5.74) is 0.416. The fourth-order valence-corrected chi connectivity index (χ4v) is 1.51. The van der Waals surface area contributed by atoms with Crippen molar-refractivity contribution in [2.75, 3.05) is 5.33 Å². The second-order valence-corrected chi connectivity index (χ2v) is 3.87. The monoisotopic (exact) mass is 304 g/mol. The summed E-state index contributed by atoms with van der Waals surface area (Å²) in [6, 6.07) is 6.77. The summed E-state index contributed by atoms with van der Waals surface area (Å²) in [6.45, 7) is 0. The molecule has 1 rings (SSSR count). The Hall–Kier alpha value is -0.480. The third-order valence-electron chi connectivity index (χ3n) is 1.46. The summed E-state index contributed by atoms with van der Waals surface area (Å²) in [5, 5.41) is 0.0678. The molecule has 0 atom stereocenters. The van der Waals surface area contributed by atoms with Crippen LogP contribution in [0, 0.1) is 0 Å². The fourth-order valence-electron chi connectivity index (χ4n) is 0.851. The zero-order valence-corrected chi connectivity index (χ0v) is 9.76. The highest BCUT2D eigenvalue weighted by atomic mass is 79.9. The molecule has 0 radical (unpaired) electrons. The number of hydrogen-bond acceptors (Lipinski definition) is 2. The van der Waals surface area contributed by atoms with Crippen LogP contribution in [-0.2, 0) is 4.79 Å². The van der Waals surface area contributed by atoms with E-state index in [0.29, 0.717) is 5.56 Å². The Labute approximate surface area is 92.6 Å². The number of rotatable bonds is 3. The highest BCUT2D eigenvalue weighted by Crippen LogP contribution is 2.12. The van der Waals surface area contributed by atoms with Gasteiger partial charge in [0.1, 0.15) is 0 Å². The van der Waals surface area contributed by atoms with Gasteiger partial charge in [-0.25, -0.2) is 0 Å². The molecule has 1 aromatic carbocycles. The van der Waals surface area contributed by atoms with Gasteiger partial charge in [-0.2, -0.15) is 0 Å². The Balaban J connectivity index is 2.95. The molecule has 0 saturated carbocycles. The number of carbonyl (C=O) groups excluding carboxylic acids is 2. The third-order valence-corrected chi connectivity index (χ3v) is 2.46. The van der Waals surface area contributed by atoms with E-state index >= 15 is 0 Å². The summed E-state index contributed by atoms with van der Waals surface area (Å²) in [6.07, 6.45) is 0. The van der Waals surface area contributed by atoms with Gasteiger partial charge in [0.15, 0.2) is 0 Å². The highest BCUT2D eigenvalue weighted by Gasteiger charge is 2.14. The van der Waals surface area contributed by atoms with Crippen molar-refractivity contribution in [1.82, 2.24) is 0 Å². The lowest BCUT2D eigenvalue weighted by atomic mass is 10.1. The van der Waals surface area contributed by atoms with Gasteiger partial charge in [0.05, 0.1) is 5.33 Å². The molecule has 0 fully saturated rings. The van der Waals surface area contributed by atoms with Crippen LogP contribution in [-0.4, -0.2) is 16.9 Å². The Morgan fingerprint density at radius 1 is 1.31 bits per heavy atom. The SMILES string of the molecule is O=C(CBr)C(=O)c1cccc(Br)c1. The summed E-state index contributed by atoms with van der Waals surface area (Å²) in [7, 11) is 0. The Morgan fingerprint density at radius 3 is 2.54 bits per heavy atom. The van der Waals surface area contributed by atoms with E-state index < -0.39 is 11.6 Å². The predicted octanol–water partition coefficient (Wildman–Crippen LogP) is 2.60. The number of hydrogen-bond donors (Lipinski definition) is 0. The van der Waals surface area contributed by atoms with Crippen molar-refractivity contribution in [3.63, 3.8) is 0 Å². The van der Waals surface area contributed by atoms with Crippen molar-refractivity contribution in [1.29, 1.82) is 0 Å². The van der Waals surface area contributed by atoms with Crippen molar-refractivity contribution in [2.45, 2.75) is 0 Å². The van der Waals surface area contributed by atoms with Crippen LogP contribution in [0.3, 0.4) is 0 Å². The number of ketones is 2. The molecule has 68 valence electrons. The van der Waals surface area contributed by atoms with Gasteiger partial charge in [-0.3, -0.25) is 9.59 Å². The maximum atomic E-state index is 11.3. The minimum atomic E-state index is -0.460. The quantitative estimate of drug-likeness (QED) is 0.489. The topological polar surface area (TPSA) is 34.1 Å². The van der Waals surface area contributed by atoms with Crippen molar-refractivity contribution in [2.24, 2.45) is 0 Å². The zero-order valence-electron chi connectivity index (χ0n) is 6.59. The lowest BCUT2D eigenvalue weighted by molar-refractivity contribution is -0.112. The van der Waals surface area contributed by atoms with Gasteiger partial charge < -0.3 is 0 Å². The molecule has 0 heterocycles. The van der Waals surface area contributed by atoms with Crippen LogP contribution >= 0.6 is 31.9 Å². The van der Waals surface area contributed by atoms with Gasteiger partial charge in [-0.05, 0) is 12.1 Å². The molecule has 4 heteroatoms. The number of carbonyl (C=O) groups is 2. The van der Waals surface area contributed by atoms with Gasteiger partial charge in [0.25, 0.3) is 0 Å². The van der Waals surface area contributed by atoms with Crippen molar-refractivity contribution in [3.8, 4) is 0 Å². The maximum Gasteiger partial charge on any atom is 0.229 e. The molecular weight excluding hydrogens is 300 g/mol. The molecule has 0 spiro atoms. The Kier molecular flexibility index (Phi) is 3.81. The first-order valence-corrected chi connectivity index (χ1v) is 5.45. The van der Waals surface area contributed by atoms with Gasteiger partial charge in [-0.1, -0.05) is 44.0 Å². The lowest BCUT2D eigenvalue weighted by Crippen LogP contribution is -2.14. The van der Waals surface area contributed by atoms with Crippen LogP contribution in [0.2, 0.25) is 0 Å². The van der Waals surface area contributed by atoms with E-state index in [1.54, 1.807) is 24.3 Å². The summed E-state index contributed by atoms with van der Waals surface area (Å²) < 4.78 is 0.792. The molecule has 0 amide bonds. The molecule has 0 unspecified atom stereocenters. The first kappa shape index (κ1) is 10.6. The predicted molar refractivity (Wildman–Crippen MR) is 57.3 cm³/mol. The van der Waals surface area contributed by atoms with Gasteiger partial charge >= 0.3 is 0 Å². The first-order valence-electron chi connectivity index (χ1n) is 3.54. The molecule has 0 bridgehead atoms. The Morgan fingerprint density at radius 2 is 2.00 bits per heavy atom. The minimum absolute atomic E-state index is 0.0678. The summed E-state index contributed by atoms with van der Waals surface area (Å²) in [5.74, 6) is -0.892. The van der Waals surface area contributed by atoms with E-state index in [2.05, 4.69) is 31.9 Å². The summed E-state index contributed by atoms with van der Waals surface area (Å²) >= 11 is 6.18. The van der Waals surface area contributed by atoms with Crippen LogP contribution in [0.15, 0.2) is 28.7 Å². The lowest BCUT2D eigenvalue weighted by Gasteiger charge is -1.97. The maximum absolute atomic E-state index is 11.3. The molecule has 13 heavy (non-hydrogen) atoms. The largest absolute Gasteiger partial charge is 0.290 e. The second kappa shape index (κ2) is 4.67. The molecule has 0 aliphatic rings. The average molecular weight is 306 g/mol. The molecular formula is C9H6Br2O2. The number of Topliss-reactive ketones (excluding diaryl/α,β-unsaturated/α-hetero) is 2. The van der Waals surface area contributed by atoms with Gasteiger partial charge in [0, 0.05) is 10.0 Å². The van der Waals surface area contributed by atoms with Gasteiger partial charge in [-0.15, -0.1) is 0 Å². The molecule has 0 aliphatic carbocycles. The van der Waals surface area contributed by atoms with E-state index in [1.165, 1.54) is 0 Å². The molecule has 0 aromatic heterocycles. The fraction of sp³-hybridized carbons (Fsp3) is 0.111. The number of alkyl halides is 1. The van der Waals surface area contributed by atoms with Crippen LogP contribution in [0.25, 0.3) is 0 Å². The van der Waals surface area contributed by atoms with E-state index in [0.717, 1.165) is 4.47 Å².